The van der Waals surface area contributed by atoms with Gasteiger partial charge in [-0.3, -0.25) is 0 Å². The minimum absolute atomic E-state index is 0.121. The van der Waals surface area contributed by atoms with Crippen LogP contribution in [0.3, 0.4) is 0 Å². The van der Waals surface area contributed by atoms with Crippen LogP contribution in [0.4, 0.5) is 30.7 Å². The lowest BCUT2D eigenvalue weighted by Gasteiger charge is -2.15. The zero-order chi connectivity index (χ0) is 32.8. The summed E-state index contributed by atoms with van der Waals surface area (Å²) in [6.07, 6.45) is 1.82. The van der Waals surface area contributed by atoms with Crippen molar-refractivity contribution < 1.29 is 35.5 Å². The summed E-state index contributed by atoms with van der Waals surface area (Å²) in [5.74, 6) is -7.24. The van der Waals surface area contributed by atoms with E-state index >= 15 is 0 Å². The molecule has 0 saturated heterocycles. The third-order valence-corrected chi connectivity index (χ3v) is 7.52. The highest BCUT2D eigenvalue weighted by atomic mass is 19.3. The average Bonchev–Trinajstić information content (AvgIpc) is 3.03. The van der Waals surface area contributed by atoms with E-state index in [-0.39, 0.29) is 16.7 Å². The van der Waals surface area contributed by atoms with Crippen molar-refractivity contribution in [3.8, 4) is 39.1 Å². The second kappa shape index (κ2) is 14.1. The Bertz CT molecular complexity index is 1820. The van der Waals surface area contributed by atoms with E-state index in [0.29, 0.717) is 29.8 Å². The molecule has 8 heteroatoms. The van der Waals surface area contributed by atoms with E-state index < -0.39 is 40.9 Å². The van der Waals surface area contributed by atoms with E-state index in [1.165, 1.54) is 30.5 Å². The maximum absolute atomic E-state index is 14.9. The molecule has 0 saturated carbocycles. The fourth-order valence-electron chi connectivity index (χ4n) is 5.02. The Morgan fingerprint density at radius 2 is 1.15 bits per heavy atom. The number of hydrogen-bond donors (Lipinski definition) is 0. The number of alkyl halides is 2. The molecule has 0 aliphatic heterocycles. The number of ether oxygens (including phenoxy) is 1. The molecule has 5 rings (SSSR count). The summed E-state index contributed by atoms with van der Waals surface area (Å²) in [4.78, 5) is 0. The molecule has 1 nitrogen and oxygen atoms in total. The highest BCUT2D eigenvalue weighted by Crippen LogP contribution is 2.32. The number of halogens is 7. The molecule has 0 N–H and O–H groups in total. The number of benzene rings is 5. The van der Waals surface area contributed by atoms with Crippen molar-refractivity contribution in [1.82, 2.24) is 0 Å². The fraction of sp³-hybridized carbons (Fsp3) is 0.158. The number of unbranched alkanes of at least 4 members (excludes halogenated alkanes) is 2. The SMILES string of the molecule is CCCCCc1ccc(-c2ccc(-c3ccc(C=CC(F)(F)Oc4ccc(-c5cc(F)c(F)c(F)c5)c(F)c4)c(F)c3)cc2)cc1. The van der Waals surface area contributed by atoms with E-state index in [1.54, 1.807) is 6.07 Å². The van der Waals surface area contributed by atoms with Crippen molar-refractivity contribution in [2.24, 2.45) is 0 Å². The molecule has 0 amide bonds. The summed E-state index contributed by atoms with van der Waals surface area (Å²) in [5.41, 5.74) is 3.89. The molecule has 0 radical (unpaired) electrons. The van der Waals surface area contributed by atoms with Crippen LogP contribution in [0.2, 0.25) is 0 Å². The minimum Gasteiger partial charge on any atom is -0.429 e. The van der Waals surface area contributed by atoms with Gasteiger partial charge in [0, 0.05) is 23.3 Å². The molecule has 0 aliphatic carbocycles. The average molecular weight is 635 g/mol. The highest BCUT2D eigenvalue weighted by molar-refractivity contribution is 5.71. The molecule has 0 spiro atoms. The second-order valence-corrected chi connectivity index (χ2v) is 10.9. The summed E-state index contributed by atoms with van der Waals surface area (Å²) >= 11 is 0. The van der Waals surface area contributed by atoms with Crippen LogP contribution in [0.25, 0.3) is 39.5 Å². The van der Waals surface area contributed by atoms with Crippen LogP contribution in [-0.4, -0.2) is 6.11 Å². The first kappa shape index (κ1) is 32.5. The van der Waals surface area contributed by atoms with Gasteiger partial charge in [-0.2, -0.15) is 8.78 Å². The largest absolute Gasteiger partial charge is 0.429 e. The quantitative estimate of drug-likeness (QED) is 0.0798. The maximum atomic E-state index is 14.9. The van der Waals surface area contributed by atoms with Crippen molar-refractivity contribution in [2.45, 2.75) is 38.7 Å². The van der Waals surface area contributed by atoms with Gasteiger partial charge in [0.05, 0.1) is 0 Å². The Kier molecular flexibility index (Phi) is 9.95. The first-order chi connectivity index (χ1) is 22.0. The van der Waals surface area contributed by atoms with Gasteiger partial charge in [-0.15, -0.1) is 0 Å². The summed E-state index contributed by atoms with van der Waals surface area (Å²) in [6.45, 7) is 2.18. The van der Waals surface area contributed by atoms with Crippen molar-refractivity contribution in [1.29, 1.82) is 0 Å². The van der Waals surface area contributed by atoms with E-state index in [1.807, 2.05) is 24.3 Å². The number of hydrogen-bond acceptors (Lipinski definition) is 1. The van der Waals surface area contributed by atoms with Gasteiger partial charge in [-0.25, -0.2) is 22.0 Å². The highest BCUT2D eigenvalue weighted by Gasteiger charge is 2.28. The minimum atomic E-state index is -3.96. The van der Waals surface area contributed by atoms with Gasteiger partial charge in [0.15, 0.2) is 17.5 Å². The monoisotopic (exact) mass is 634 g/mol. The molecule has 236 valence electrons. The molecule has 5 aromatic rings. The summed E-state index contributed by atoms with van der Waals surface area (Å²) in [5, 5.41) is 0. The third-order valence-electron chi connectivity index (χ3n) is 7.52. The molecule has 0 fully saturated rings. The fourth-order valence-corrected chi connectivity index (χ4v) is 5.02. The van der Waals surface area contributed by atoms with Crippen LogP contribution < -0.4 is 4.74 Å². The van der Waals surface area contributed by atoms with Crippen molar-refractivity contribution >= 4 is 6.08 Å². The van der Waals surface area contributed by atoms with Crippen LogP contribution >= 0.6 is 0 Å². The van der Waals surface area contributed by atoms with Crippen molar-refractivity contribution in [3.63, 3.8) is 0 Å². The van der Waals surface area contributed by atoms with E-state index in [2.05, 4.69) is 35.9 Å². The van der Waals surface area contributed by atoms with Crippen LogP contribution in [0.5, 0.6) is 5.75 Å². The molecule has 5 aromatic carbocycles. The molecular formula is C38H29F7O. The number of rotatable bonds is 11. The molecule has 46 heavy (non-hydrogen) atoms. The third kappa shape index (κ3) is 7.86. The van der Waals surface area contributed by atoms with Gasteiger partial charge in [-0.05, 0) is 82.6 Å². The number of aryl methyl sites for hydroxylation is 1. The van der Waals surface area contributed by atoms with Crippen LogP contribution in [0.15, 0.2) is 103 Å². The van der Waals surface area contributed by atoms with Gasteiger partial charge in [-0.1, -0.05) is 80.4 Å². The molecular weight excluding hydrogens is 605 g/mol. The summed E-state index contributed by atoms with van der Waals surface area (Å²) in [7, 11) is 0. The van der Waals surface area contributed by atoms with Gasteiger partial charge in [0.25, 0.3) is 0 Å². The summed E-state index contributed by atoms with van der Waals surface area (Å²) < 4.78 is 103. The summed E-state index contributed by atoms with van der Waals surface area (Å²) in [6, 6.07) is 23.9. The van der Waals surface area contributed by atoms with Crippen LogP contribution in [-0.2, 0) is 6.42 Å². The van der Waals surface area contributed by atoms with E-state index in [0.717, 1.165) is 47.7 Å². The Morgan fingerprint density at radius 1 is 0.587 bits per heavy atom. The van der Waals surface area contributed by atoms with Crippen LogP contribution in [0, 0.1) is 29.1 Å². The Labute approximate surface area is 262 Å². The van der Waals surface area contributed by atoms with Gasteiger partial charge in [0.1, 0.15) is 17.4 Å². The first-order valence-electron chi connectivity index (χ1n) is 14.7. The van der Waals surface area contributed by atoms with Gasteiger partial charge < -0.3 is 4.74 Å². The standard InChI is InChI=1S/C38H29F7O/c1-2-3-4-5-24-6-8-25(9-7-24)26-10-12-27(13-11-26)29-15-14-28(33(39)20-29)18-19-38(44,45)46-31-16-17-32(34(40)23-31)30-21-35(41)37(43)36(42)22-30/h6-23H,2-5H2,1H3. The zero-order valence-electron chi connectivity index (χ0n) is 24.8. The lowest BCUT2D eigenvalue weighted by Crippen LogP contribution is -2.21. The predicted molar refractivity (Wildman–Crippen MR) is 167 cm³/mol. The second-order valence-electron chi connectivity index (χ2n) is 10.9. The van der Waals surface area contributed by atoms with E-state index in [9.17, 15) is 30.7 Å². The maximum Gasteiger partial charge on any atom is 0.419 e. The first-order valence-corrected chi connectivity index (χ1v) is 14.7. The predicted octanol–water partition coefficient (Wildman–Crippen LogP) is 11.8. The van der Waals surface area contributed by atoms with Gasteiger partial charge in [0.2, 0.25) is 0 Å². The molecule has 0 heterocycles. The van der Waals surface area contributed by atoms with Gasteiger partial charge >= 0.3 is 6.11 Å². The Morgan fingerprint density at radius 3 is 1.74 bits per heavy atom. The zero-order valence-corrected chi connectivity index (χ0v) is 24.8. The van der Waals surface area contributed by atoms with Crippen molar-refractivity contribution in [2.75, 3.05) is 0 Å². The molecule has 0 aromatic heterocycles. The molecule has 0 atom stereocenters. The van der Waals surface area contributed by atoms with E-state index in [4.69, 9.17) is 0 Å². The Hall–Kier alpha value is -4.85. The Balaban J connectivity index is 1.24. The topological polar surface area (TPSA) is 9.23 Å². The van der Waals surface area contributed by atoms with Crippen molar-refractivity contribution in [3.05, 3.63) is 143 Å². The molecule has 0 unspecified atom stereocenters. The normalized spacial score (nSPS) is 11.7. The van der Waals surface area contributed by atoms with Crippen LogP contribution in [0.1, 0.15) is 37.3 Å². The molecule has 0 bridgehead atoms. The molecule has 0 aliphatic rings. The lowest BCUT2D eigenvalue weighted by molar-refractivity contribution is -0.131. The lowest BCUT2D eigenvalue weighted by atomic mass is 9.98. The smallest absolute Gasteiger partial charge is 0.419 e.